The number of nitrogens with one attached hydrogen (secondary N) is 1. The number of hydrogen-bond acceptors (Lipinski definition) is 6. The molecule has 2 amide bonds. The van der Waals surface area contributed by atoms with Crippen LogP contribution in [0.2, 0.25) is 0 Å². The highest BCUT2D eigenvalue weighted by atomic mass is 32.2. The molecule has 0 spiro atoms. The van der Waals surface area contributed by atoms with E-state index in [1.54, 1.807) is 54.3 Å². The summed E-state index contributed by atoms with van der Waals surface area (Å²) in [6.07, 6.45) is 3.79. The summed E-state index contributed by atoms with van der Waals surface area (Å²) < 4.78 is 42.5. The molecule has 11 heteroatoms. The molecule has 202 valence electrons. The van der Waals surface area contributed by atoms with Gasteiger partial charge in [0.15, 0.2) is 0 Å². The third kappa shape index (κ3) is 6.04. The van der Waals surface area contributed by atoms with E-state index in [1.165, 1.54) is 30.2 Å². The van der Waals surface area contributed by atoms with Gasteiger partial charge in [-0.15, -0.1) is 0 Å². The van der Waals surface area contributed by atoms with E-state index in [9.17, 15) is 22.4 Å². The zero-order valence-corrected chi connectivity index (χ0v) is 22.4. The van der Waals surface area contributed by atoms with E-state index in [4.69, 9.17) is 0 Å². The standard InChI is InChI=1S/C28H28FN5O4S/c1-4-22(29)18-24(30-3)28(36)34-15-13-33(14-16-34)27(35)21-10-11-23(19(2)17-21)32-39(37,38)25-9-5-7-20-8-6-12-31-26(20)25/h4-12,17-18,32H,3,13-16H2,1-2H3/b22-4+,24-18-. The van der Waals surface area contributed by atoms with Crippen LogP contribution in [0.25, 0.3) is 10.9 Å². The molecule has 39 heavy (non-hydrogen) atoms. The maximum Gasteiger partial charge on any atom is 0.272 e. The molecule has 1 aromatic heterocycles. The Hall–Kier alpha value is -4.38. The molecule has 0 bridgehead atoms. The number of hydrogen-bond donors (Lipinski definition) is 1. The van der Waals surface area contributed by atoms with Crippen LogP contribution in [0, 0.1) is 6.92 Å². The third-order valence-electron chi connectivity index (χ3n) is 6.40. The van der Waals surface area contributed by atoms with Crippen molar-refractivity contribution in [2.75, 3.05) is 30.9 Å². The Kier molecular flexibility index (Phi) is 8.20. The van der Waals surface area contributed by atoms with Gasteiger partial charge in [-0.2, -0.15) is 0 Å². The van der Waals surface area contributed by atoms with Crippen molar-refractivity contribution < 1.29 is 22.4 Å². The number of aliphatic imine (C=N–C) groups is 1. The molecule has 0 aliphatic carbocycles. The molecule has 2 aromatic carbocycles. The van der Waals surface area contributed by atoms with Crippen LogP contribution in [0.4, 0.5) is 10.1 Å². The molecule has 1 aliphatic heterocycles. The van der Waals surface area contributed by atoms with Gasteiger partial charge in [-0.1, -0.05) is 24.3 Å². The zero-order valence-electron chi connectivity index (χ0n) is 21.6. The molecule has 0 saturated carbocycles. The van der Waals surface area contributed by atoms with Gasteiger partial charge in [0.1, 0.15) is 16.4 Å². The van der Waals surface area contributed by atoms with Crippen LogP contribution in [0.3, 0.4) is 0 Å². The topological polar surface area (TPSA) is 112 Å². The minimum atomic E-state index is -3.94. The van der Waals surface area contributed by atoms with Gasteiger partial charge in [0.2, 0.25) is 0 Å². The summed E-state index contributed by atoms with van der Waals surface area (Å²) in [5.74, 6) is -1.28. The second-order valence-electron chi connectivity index (χ2n) is 8.91. The summed E-state index contributed by atoms with van der Waals surface area (Å²) in [7, 11) is -3.94. The fraction of sp³-hybridized carbons (Fsp3) is 0.214. The second-order valence-corrected chi connectivity index (χ2v) is 10.6. The number of aromatic nitrogens is 1. The van der Waals surface area contributed by atoms with E-state index < -0.39 is 21.8 Å². The van der Waals surface area contributed by atoms with Gasteiger partial charge in [0.25, 0.3) is 21.8 Å². The van der Waals surface area contributed by atoms with Crippen molar-refractivity contribution in [3.05, 3.63) is 89.5 Å². The minimum absolute atomic E-state index is 0.0608. The Balaban J connectivity index is 1.44. The number of halogens is 1. The lowest BCUT2D eigenvalue weighted by Gasteiger charge is -2.34. The molecule has 2 heterocycles. The van der Waals surface area contributed by atoms with Crippen molar-refractivity contribution in [3.63, 3.8) is 0 Å². The van der Waals surface area contributed by atoms with Crippen LogP contribution >= 0.6 is 0 Å². The maximum absolute atomic E-state index is 13.6. The number of pyridine rings is 1. The molecule has 1 saturated heterocycles. The van der Waals surface area contributed by atoms with Gasteiger partial charge < -0.3 is 9.80 Å². The molecule has 0 radical (unpaired) electrons. The number of carbonyl (C=O) groups excluding carboxylic acids is 2. The van der Waals surface area contributed by atoms with E-state index in [-0.39, 0.29) is 42.7 Å². The van der Waals surface area contributed by atoms with E-state index in [0.717, 1.165) is 6.08 Å². The Morgan fingerprint density at radius 2 is 1.77 bits per heavy atom. The fourth-order valence-corrected chi connectivity index (χ4v) is 5.56. The molecule has 3 aromatic rings. The van der Waals surface area contributed by atoms with Crippen LogP contribution < -0.4 is 4.72 Å². The van der Waals surface area contributed by atoms with Crippen molar-refractivity contribution >= 4 is 45.1 Å². The number of sulfonamides is 1. The number of rotatable bonds is 7. The highest BCUT2D eigenvalue weighted by Crippen LogP contribution is 2.26. The van der Waals surface area contributed by atoms with Crippen LogP contribution in [-0.4, -0.2) is 67.9 Å². The normalized spacial score (nSPS) is 14.8. The third-order valence-corrected chi connectivity index (χ3v) is 7.79. The minimum Gasteiger partial charge on any atom is -0.335 e. The van der Waals surface area contributed by atoms with Gasteiger partial charge in [0, 0.05) is 49.4 Å². The van der Waals surface area contributed by atoms with Crippen LogP contribution in [0.1, 0.15) is 22.8 Å². The first kappa shape index (κ1) is 27.6. The van der Waals surface area contributed by atoms with E-state index in [1.807, 2.05) is 0 Å². The quantitative estimate of drug-likeness (QED) is 0.271. The Labute approximate surface area is 226 Å². The fourth-order valence-electron chi connectivity index (χ4n) is 4.25. The lowest BCUT2D eigenvalue weighted by Crippen LogP contribution is -2.50. The Morgan fingerprint density at radius 3 is 2.44 bits per heavy atom. The van der Waals surface area contributed by atoms with Gasteiger partial charge in [-0.05, 0) is 56.5 Å². The highest BCUT2D eigenvalue weighted by molar-refractivity contribution is 7.93. The van der Waals surface area contributed by atoms with Gasteiger partial charge in [-0.25, -0.2) is 12.8 Å². The number of aryl methyl sites for hydroxylation is 1. The summed E-state index contributed by atoms with van der Waals surface area (Å²) in [5.41, 5.74) is 1.58. The van der Waals surface area contributed by atoms with E-state index in [2.05, 4.69) is 21.4 Å². The largest absolute Gasteiger partial charge is 0.335 e. The number of allylic oxidation sites excluding steroid dienone is 3. The van der Waals surface area contributed by atoms with E-state index >= 15 is 0 Å². The van der Waals surface area contributed by atoms with Gasteiger partial charge >= 0.3 is 0 Å². The molecule has 0 unspecified atom stereocenters. The lowest BCUT2D eigenvalue weighted by molar-refractivity contribution is -0.128. The first-order valence-corrected chi connectivity index (χ1v) is 13.7. The molecule has 1 N–H and O–H groups in total. The Bertz CT molecular complexity index is 1600. The van der Waals surface area contributed by atoms with Crippen LogP contribution in [0.15, 0.2) is 88.3 Å². The number of fused-ring (bicyclic) bond motifs is 1. The highest BCUT2D eigenvalue weighted by Gasteiger charge is 2.27. The summed E-state index contributed by atoms with van der Waals surface area (Å²) in [5, 5.41) is 0.706. The molecular formula is C28H28FN5O4S. The first-order valence-electron chi connectivity index (χ1n) is 12.2. The van der Waals surface area contributed by atoms with Crippen LogP contribution in [-0.2, 0) is 14.8 Å². The number of anilines is 1. The monoisotopic (exact) mass is 549 g/mol. The second kappa shape index (κ2) is 11.6. The SMILES string of the molecule is C=N/C(=C\C(F)=C/C)C(=O)N1CCN(C(=O)c2ccc(NS(=O)(=O)c3cccc4cccnc34)c(C)c2)CC1. The van der Waals surface area contributed by atoms with Crippen molar-refractivity contribution in [2.24, 2.45) is 4.99 Å². The number of benzene rings is 2. The lowest BCUT2D eigenvalue weighted by atomic mass is 10.1. The molecular weight excluding hydrogens is 521 g/mol. The molecule has 1 aliphatic rings. The number of carbonyl (C=O) groups is 2. The van der Waals surface area contributed by atoms with Crippen LogP contribution in [0.5, 0.6) is 0 Å². The predicted octanol–water partition coefficient (Wildman–Crippen LogP) is 4.09. The average Bonchev–Trinajstić information content (AvgIpc) is 2.95. The molecule has 4 rings (SSSR count). The number of piperazine rings is 1. The van der Waals surface area contributed by atoms with Crippen molar-refractivity contribution in [3.8, 4) is 0 Å². The molecule has 0 atom stereocenters. The summed E-state index contributed by atoms with van der Waals surface area (Å²) in [6, 6.07) is 13.2. The Morgan fingerprint density at radius 1 is 1.08 bits per heavy atom. The van der Waals surface area contributed by atoms with Gasteiger partial charge in [-0.3, -0.25) is 24.3 Å². The van der Waals surface area contributed by atoms with Gasteiger partial charge in [0.05, 0.1) is 11.2 Å². The molecule has 1 fully saturated rings. The van der Waals surface area contributed by atoms with E-state index in [0.29, 0.717) is 27.7 Å². The van der Waals surface area contributed by atoms with Crippen molar-refractivity contribution in [1.29, 1.82) is 0 Å². The summed E-state index contributed by atoms with van der Waals surface area (Å²) in [6.45, 7) is 7.64. The zero-order chi connectivity index (χ0) is 28.2. The summed E-state index contributed by atoms with van der Waals surface area (Å²) >= 11 is 0. The molecule has 9 nitrogen and oxygen atoms in total. The number of nitrogens with zero attached hydrogens (tertiary/aromatic N) is 4. The summed E-state index contributed by atoms with van der Waals surface area (Å²) in [4.78, 5) is 36.8. The van der Waals surface area contributed by atoms with Crippen molar-refractivity contribution in [1.82, 2.24) is 14.8 Å². The average molecular weight is 550 g/mol. The maximum atomic E-state index is 13.6. The predicted molar refractivity (Wildman–Crippen MR) is 149 cm³/mol. The van der Waals surface area contributed by atoms with Crippen molar-refractivity contribution in [2.45, 2.75) is 18.7 Å². The first-order chi connectivity index (χ1) is 18.6. The number of para-hydroxylation sites is 1. The smallest absolute Gasteiger partial charge is 0.272 e. The number of amides is 2.